The molecule has 7 N–H and O–H groups in total. The molecule has 0 aromatic rings. The van der Waals surface area contributed by atoms with E-state index in [2.05, 4.69) is 0 Å². The Morgan fingerprint density at radius 2 is 1.57 bits per heavy atom. The van der Waals surface area contributed by atoms with Crippen LogP contribution in [0.25, 0.3) is 0 Å². The molecule has 10 nitrogen and oxygen atoms in total. The van der Waals surface area contributed by atoms with Crippen molar-refractivity contribution in [1.82, 2.24) is 0 Å². The Morgan fingerprint density at radius 1 is 0.913 bits per heavy atom. The number of hydrogen-bond donors (Lipinski definition) is 7. The number of aliphatic hydroxyl groups is 7. The molecule has 0 aliphatic carbocycles. The molecule has 2 fully saturated rings. The van der Waals surface area contributed by atoms with Gasteiger partial charge in [0.15, 0.2) is 6.29 Å². The fourth-order valence-corrected chi connectivity index (χ4v) is 2.81. The van der Waals surface area contributed by atoms with Gasteiger partial charge in [-0.15, -0.1) is 0 Å². The van der Waals surface area contributed by atoms with Gasteiger partial charge in [-0.2, -0.15) is 0 Å². The minimum Gasteiger partial charge on any atom is -0.394 e. The zero-order valence-corrected chi connectivity index (χ0v) is 12.6. The molecule has 2 aliphatic rings. The van der Waals surface area contributed by atoms with Crippen molar-refractivity contribution in [3.05, 3.63) is 0 Å². The zero-order chi connectivity index (χ0) is 17.4. The Morgan fingerprint density at radius 3 is 2.04 bits per heavy atom. The summed E-state index contributed by atoms with van der Waals surface area (Å²) in [5, 5.41) is 68.1. The van der Waals surface area contributed by atoms with Crippen molar-refractivity contribution in [1.29, 1.82) is 0 Å². The molecular weight excluding hydrogens is 316 g/mol. The second kappa shape index (κ2) is 7.23. The molecule has 9 atom stereocenters. The van der Waals surface area contributed by atoms with Gasteiger partial charge in [-0.3, -0.25) is 0 Å². The number of rotatable bonds is 5. The number of aliphatic hydroxyl groups excluding tert-OH is 7. The highest BCUT2D eigenvalue weighted by atomic mass is 16.8. The van der Waals surface area contributed by atoms with Gasteiger partial charge in [-0.25, -0.2) is 0 Å². The fraction of sp³-hybridized carbons (Fsp3) is 1.00. The molecule has 2 saturated heterocycles. The van der Waals surface area contributed by atoms with E-state index in [1.165, 1.54) is 0 Å². The van der Waals surface area contributed by atoms with Crippen LogP contribution in [0.2, 0.25) is 0 Å². The third-order valence-corrected chi connectivity index (χ3v) is 4.29. The second-order valence-electron chi connectivity index (χ2n) is 5.79. The molecule has 2 aliphatic heterocycles. The van der Waals surface area contributed by atoms with Gasteiger partial charge in [0.1, 0.15) is 43.2 Å². The van der Waals surface area contributed by atoms with E-state index in [-0.39, 0.29) is 0 Å². The highest BCUT2D eigenvalue weighted by molar-refractivity contribution is 4.98. The molecule has 2 heterocycles. The quantitative estimate of drug-likeness (QED) is 0.262. The zero-order valence-electron chi connectivity index (χ0n) is 12.6. The summed E-state index contributed by atoms with van der Waals surface area (Å²) in [6.45, 7) is 0.194. The summed E-state index contributed by atoms with van der Waals surface area (Å²) >= 11 is 0. The van der Waals surface area contributed by atoms with Gasteiger partial charge in [-0.1, -0.05) is 6.92 Å². The maximum atomic E-state index is 10.1. The highest BCUT2D eigenvalue weighted by Crippen LogP contribution is 2.36. The van der Waals surface area contributed by atoms with Gasteiger partial charge >= 0.3 is 0 Å². The van der Waals surface area contributed by atoms with Crippen LogP contribution in [0.5, 0.6) is 0 Å². The van der Waals surface area contributed by atoms with E-state index in [0.29, 0.717) is 6.42 Å². The van der Waals surface area contributed by atoms with Crippen LogP contribution in [0.1, 0.15) is 13.3 Å². The lowest BCUT2D eigenvalue weighted by atomic mass is 9.99. The van der Waals surface area contributed by atoms with E-state index in [4.69, 9.17) is 19.3 Å². The monoisotopic (exact) mass is 340 g/mol. The minimum atomic E-state index is -2.06. The Balaban J connectivity index is 2.18. The lowest BCUT2D eigenvalue weighted by Gasteiger charge is -2.43. The molecule has 136 valence electrons. The Bertz CT molecular complexity index is 393. The summed E-state index contributed by atoms with van der Waals surface area (Å²) in [5.41, 5.74) is 0. The Kier molecular flexibility index (Phi) is 5.95. The van der Waals surface area contributed by atoms with Gasteiger partial charge in [-0.05, 0) is 6.42 Å². The Hall–Kier alpha value is -0.400. The summed E-state index contributed by atoms with van der Waals surface area (Å²) in [7, 11) is 0. The molecule has 0 bridgehead atoms. The van der Waals surface area contributed by atoms with Crippen LogP contribution in [-0.4, -0.2) is 104 Å². The molecule has 0 spiro atoms. The van der Waals surface area contributed by atoms with Crippen molar-refractivity contribution in [3.8, 4) is 0 Å². The first-order valence-corrected chi connectivity index (χ1v) is 7.44. The summed E-state index contributed by atoms with van der Waals surface area (Å²) in [4.78, 5) is 0. The first kappa shape index (κ1) is 18.9. The standard InChI is InChI=1S/C13H24O10/c1-2-5-8(17)11(20)13(4-15,22-5)23-12-10(19)9(18)7(16)6(3-14)21-12/h5-12,14-20H,2-4H2,1H3/t5-,6?,7-,8?,9+,10?,11-,12-,13+/m1/s1. The molecule has 23 heavy (non-hydrogen) atoms. The van der Waals surface area contributed by atoms with E-state index in [9.17, 15) is 30.6 Å². The van der Waals surface area contributed by atoms with Gasteiger partial charge in [0.2, 0.25) is 5.79 Å². The molecule has 2 rings (SSSR count). The van der Waals surface area contributed by atoms with Crippen molar-refractivity contribution >= 4 is 0 Å². The normalized spacial score (nSPS) is 51.1. The molecular formula is C13H24O10. The molecule has 0 amide bonds. The number of hydrogen-bond acceptors (Lipinski definition) is 10. The van der Waals surface area contributed by atoms with E-state index >= 15 is 0 Å². The maximum Gasteiger partial charge on any atom is 0.223 e. The highest BCUT2D eigenvalue weighted by Gasteiger charge is 2.57. The summed E-state index contributed by atoms with van der Waals surface area (Å²) in [6, 6.07) is 0. The number of ether oxygens (including phenoxy) is 3. The summed E-state index contributed by atoms with van der Waals surface area (Å²) in [5.74, 6) is -2.06. The van der Waals surface area contributed by atoms with Crippen LogP contribution in [0.4, 0.5) is 0 Å². The van der Waals surface area contributed by atoms with E-state index in [1.807, 2.05) is 0 Å². The van der Waals surface area contributed by atoms with Crippen molar-refractivity contribution in [2.24, 2.45) is 0 Å². The van der Waals surface area contributed by atoms with Crippen molar-refractivity contribution < 1.29 is 50.0 Å². The van der Waals surface area contributed by atoms with Crippen LogP contribution in [0, 0.1) is 0 Å². The van der Waals surface area contributed by atoms with Gasteiger partial charge < -0.3 is 50.0 Å². The van der Waals surface area contributed by atoms with Crippen LogP contribution in [0.15, 0.2) is 0 Å². The third kappa shape index (κ3) is 3.24. The van der Waals surface area contributed by atoms with Gasteiger partial charge in [0, 0.05) is 0 Å². The van der Waals surface area contributed by atoms with Crippen molar-refractivity contribution in [3.63, 3.8) is 0 Å². The predicted octanol–water partition coefficient (Wildman–Crippen LogP) is -3.98. The first-order valence-electron chi connectivity index (χ1n) is 7.44. The molecule has 0 radical (unpaired) electrons. The molecule has 0 aromatic heterocycles. The van der Waals surface area contributed by atoms with E-state index in [1.54, 1.807) is 6.92 Å². The van der Waals surface area contributed by atoms with Crippen LogP contribution in [-0.2, 0) is 14.2 Å². The minimum absolute atomic E-state index is 0.331. The lowest BCUT2D eigenvalue weighted by Crippen LogP contribution is -2.62. The molecule has 0 aromatic carbocycles. The van der Waals surface area contributed by atoms with Gasteiger partial charge in [0.05, 0.1) is 12.7 Å². The molecule has 10 heteroatoms. The van der Waals surface area contributed by atoms with E-state index in [0.717, 1.165) is 0 Å². The average molecular weight is 340 g/mol. The fourth-order valence-electron chi connectivity index (χ4n) is 2.81. The SMILES string of the molecule is CC[C@H]1O[C@@](CO)(O[C@H]2OC(CO)[C@@H](O)[C@H](O)C2O)[C@H](O)C1O. The second-order valence-corrected chi connectivity index (χ2v) is 5.79. The first-order chi connectivity index (χ1) is 10.8. The molecule has 3 unspecified atom stereocenters. The summed E-state index contributed by atoms with van der Waals surface area (Å²) < 4.78 is 15.9. The topological polar surface area (TPSA) is 169 Å². The largest absolute Gasteiger partial charge is 0.394 e. The van der Waals surface area contributed by atoms with E-state index < -0.39 is 68.0 Å². The predicted molar refractivity (Wildman–Crippen MR) is 71.8 cm³/mol. The van der Waals surface area contributed by atoms with Crippen LogP contribution >= 0.6 is 0 Å². The third-order valence-electron chi connectivity index (χ3n) is 4.29. The summed E-state index contributed by atoms with van der Waals surface area (Å²) in [6.07, 6.45) is -11.2. The average Bonchev–Trinajstić information content (AvgIpc) is 2.80. The maximum absolute atomic E-state index is 10.1. The smallest absolute Gasteiger partial charge is 0.223 e. The van der Waals surface area contributed by atoms with Crippen LogP contribution < -0.4 is 0 Å². The van der Waals surface area contributed by atoms with Crippen LogP contribution in [0.3, 0.4) is 0 Å². The van der Waals surface area contributed by atoms with Crippen molar-refractivity contribution in [2.75, 3.05) is 13.2 Å². The van der Waals surface area contributed by atoms with Crippen molar-refractivity contribution in [2.45, 2.75) is 68.1 Å². The van der Waals surface area contributed by atoms with Gasteiger partial charge in [0.25, 0.3) is 0 Å². The lowest BCUT2D eigenvalue weighted by molar-refractivity contribution is -0.383. The molecule has 0 saturated carbocycles. The Labute approximate surface area is 132 Å².